The van der Waals surface area contributed by atoms with E-state index in [1.165, 1.54) is 40.8 Å². The number of esters is 1. The van der Waals surface area contributed by atoms with E-state index in [1.807, 2.05) is 12.1 Å². The van der Waals surface area contributed by atoms with Crippen LogP contribution in [0, 0.1) is 0 Å². The second kappa shape index (κ2) is 9.54. The number of aryl methyl sites for hydroxylation is 1. The summed E-state index contributed by atoms with van der Waals surface area (Å²) in [4.78, 5) is 54.3. The third-order valence-electron chi connectivity index (χ3n) is 6.09. The summed E-state index contributed by atoms with van der Waals surface area (Å²) in [5.74, 6) is -0.773. The van der Waals surface area contributed by atoms with Gasteiger partial charge in [0.15, 0.2) is 17.8 Å². The van der Waals surface area contributed by atoms with Crippen molar-refractivity contribution in [3.05, 3.63) is 86.2 Å². The molecular weight excluding hydrogens is 504 g/mol. The second-order valence-corrected chi connectivity index (χ2v) is 8.87. The van der Waals surface area contributed by atoms with Gasteiger partial charge in [0.1, 0.15) is 18.3 Å². The zero-order chi connectivity index (χ0) is 26.3. The molecule has 0 fully saturated rings. The standard InChI is InChI=1S/C24H21ClN6O6/c1-28-22-21(23(34)29(2)24(28)35)30(13-26-22)11-20(33)37-12-19(32)31-17(18-4-3-9-36-18)10-16(27-31)14-5-7-15(25)8-6-14/h3-9,13,17H,10-12H2,1-2H3. The van der Waals surface area contributed by atoms with Gasteiger partial charge in [0, 0.05) is 25.5 Å². The topological polar surface area (TPSA) is 134 Å². The smallest absolute Gasteiger partial charge is 0.332 e. The number of nitrogens with zero attached hydrogens (tertiary/aromatic N) is 6. The lowest BCUT2D eigenvalue weighted by Crippen LogP contribution is -2.37. The highest BCUT2D eigenvalue weighted by molar-refractivity contribution is 6.30. The van der Waals surface area contributed by atoms with Crippen molar-refractivity contribution in [1.82, 2.24) is 23.7 Å². The Balaban J connectivity index is 1.32. The van der Waals surface area contributed by atoms with Crippen LogP contribution in [0.5, 0.6) is 0 Å². The molecule has 0 saturated carbocycles. The molecule has 0 N–H and O–H groups in total. The number of hydrazone groups is 1. The molecule has 0 bridgehead atoms. The summed E-state index contributed by atoms with van der Waals surface area (Å²) in [6.07, 6.45) is 3.18. The number of hydrogen-bond acceptors (Lipinski definition) is 8. The molecule has 1 unspecified atom stereocenters. The van der Waals surface area contributed by atoms with Crippen LogP contribution in [0.1, 0.15) is 23.8 Å². The molecular formula is C24H21ClN6O6. The Morgan fingerprint density at radius 3 is 2.59 bits per heavy atom. The molecule has 0 saturated heterocycles. The Labute approximate surface area is 213 Å². The molecule has 5 rings (SSSR count). The maximum Gasteiger partial charge on any atom is 0.332 e. The highest BCUT2D eigenvalue weighted by Crippen LogP contribution is 2.33. The monoisotopic (exact) mass is 524 g/mol. The van der Waals surface area contributed by atoms with Gasteiger partial charge in [0.25, 0.3) is 11.5 Å². The van der Waals surface area contributed by atoms with Crippen molar-refractivity contribution >= 4 is 40.4 Å². The summed E-state index contributed by atoms with van der Waals surface area (Å²) in [5.41, 5.74) is 0.537. The Morgan fingerprint density at radius 1 is 1.14 bits per heavy atom. The number of benzene rings is 1. The van der Waals surface area contributed by atoms with Crippen LogP contribution >= 0.6 is 11.6 Å². The predicted molar refractivity (Wildman–Crippen MR) is 132 cm³/mol. The Hall–Kier alpha value is -4.45. The van der Waals surface area contributed by atoms with Crippen LogP contribution in [0.15, 0.2) is 68.1 Å². The third kappa shape index (κ3) is 4.47. The SMILES string of the molecule is Cn1c(=O)c2c(ncn2CC(=O)OCC(=O)N2N=C(c3ccc(Cl)cc3)CC2c2ccco2)n(C)c1=O. The van der Waals surface area contributed by atoms with Crippen LogP contribution in [-0.2, 0) is 35.0 Å². The van der Waals surface area contributed by atoms with E-state index < -0.39 is 35.8 Å². The van der Waals surface area contributed by atoms with Gasteiger partial charge in [-0.3, -0.25) is 23.5 Å². The first-order chi connectivity index (χ1) is 17.7. The number of aromatic nitrogens is 4. The largest absolute Gasteiger partial charge is 0.467 e. The number of imidazole rings is 1. The van der Waals surface area contributed by atoms with Crippen LogP contribution in [0.2, 0.25) is 5.02 Å². The van der Waals surface area contributed by atoms with E-state index >= 15 is 0 Å². The molecule has 1 aromatic carbocycles. The molecule has 1 amide bonds. The quantitative estimate of drug-likeness (QED) is 0.350. The van der Waals surface area contributed by atoms with Crippen LogP contribution in [-0.4, -0.2) is 47.9 Å². The van der Waals surface area contributed by atoms with E-state index in [4.69, 9.17) is 20.8 Å². The van der Waals surface area contributed by atoms with Gasteiger partial charge in [-0.25, -0.2) is 14.8 Å². The lowest BCUT2D eigenvalue weighted by atomic mass is 10.0. The number of hydrogen-bond donors (Lipinski definition) is 0. The number of furan rings is 1. The van der Waals surface area contributed by atoms with Crippen molar-refractivity contribution in [2.75, 3.05) is 6.61 Å². The summed E-state index contributed by atoms with van der Waals surface area (Å²) >= 11 is 5.98. The maximum absolute atomic E-state index is 13.1. The van der Waals surface area contributed by atoms with Crippen molar-refractivity contribution in [2.45, 2.75) is 19.0 Å². The first-order valence-electron chi connectivity index (χ1n) is 11.2. The normalized spacial score (nSPS) is 15.3. The van der Waals surface area contributed by atoms with Gasteiger partial charge in [-0.1, -0.05) is 23.7 Å². The zero-order valence-corrected chi connectivity index (χ0v) is 20.6. The van der Waals surface area contributed by atoms with Crippen molar-refractivity contribution in [1.29, 1.82) is 0 Å². The first-order valence-corrected chi connectivity index (χ1v) is 11.6. The summed E-state index contributed by atoms with van der Waals surface area (Å²) < 4.78 is 14.1. The van der Waals surface area contributed by atoms with E-state index in [9.17, 15) is 19.2 Å². The number of carbonyl (C=O) groups is 2. The minimum absolute atomic E-state index is 0.0718. The van der Waals surface area contributed by atoms with Crippen LogP contribution in [0.4, 0.5) is 0 Å². The lowest BCUT2D eigenvalue weighted by Gasteiger charge is -2.19. The van der Waals surface area contributed by atoms with Gasteiger partial charge >= 0.3 is 11.7 Å². The molecule has 190 valence electrons. The molecule has 3 aromatic heterocycles. The van der Waals surface area contributed by atoms with Crippen LogP contribution in [0.25, 0.3) is 11.2 Å². The number of ether oxygens (including phenoxy) is 1. The second-order valence-electron chi connectivity index (χ2n) is 8.44. The highest BCUT2D eigenvalue weighted by atomic mass is 35.5. The molecule has 37 heavy (non-hydrogen) atoms. The van der Waals surface area contributed by atoms with Crippen LogP contribution < -0.4 is 11.2 Å². The van der Waals surface area contributed by atoms with Gasteiger partial charge < -0.3 is 13.7 Å². The maximum atomic E-state index is 13.1. The van der Waals surface area contributed by atoms with Crippen LogP contribution in [0.3, 0.4) is 0 Å². The molecule has 0 radical (unpaired) electrons. The van der Waals surface area contributed by atoms with Crippen molar-refractivity contribution in [3.63, 3.8) is 0 Å². The lowest BCUT2D eigenvalue weighted by molar-refractivity contribution is -0.153. The Kier molecular flexibility index (Phi) is 6.25. The number of carbonyl (C=O) groups excluding carboxylic acids is 2. The average molecular weight is 525 g/mol. The third-order valence-corrected chi connectivity index (χ3v) is 6.34. The summed E-state index contributed by atoms with van der Waals surface area (Å²) in [6, 6.07) is 10.0. The molecule has 0 aliphatic carbocycles. The van der Waals surface area contributed by atoms with E-state index in [-0.39, 0.29) is 17.7 Å². The molecule has 13 heteroatoms. The molecule has 1 aliphatic rings. The first kappa shape index (κ1) is 24.3. The molecule has 4 heterocycles. The molecule has 1 atom stereocenters. The van der Waals surface area contributed by atoms with Gasteiger partial charge in [-0.15, -0.1) is 0 Å². The summed E-state index contributed by atoms with van der Waals surface area (Å²) in [6.45, 7) is -0.950. The number of amides is 1. The van der Waals surface area contributed by atoms with E-state index in [0.717, 1.165) is 10.1 Å². The minimum atomic E-state index is -0.765. The molecule has 1 aliphatic heterocycles. The molecule has 4 aromatic rings. The summed E-state index contributed by atoms with van der Waals surface area (Å²) in [5, 5.41) is 6.30. The minimum Gasteiger partial charge on any atom is -0.467 e. The molecule has 12 nitrogen and oxygen atoms in total. The van der Waals surface area contributed by atoms with Gasteiger partial charge in [-0.05, 0) is 29.8 Å². The highest BCUT2D eigenvalue weighted by Gasteiger charge is 2.35. The Morgan fingerprint density at radius 2 is 1.89 bits per heavy atom. The van der Waals surface area contributed by atoms with Crippen molar-refractivity contribution in [3.8, 4) is 0 Å². The van der Waals surface area contributed by atoms with Gasteiger partial charge in [0.2, 0.25) is 0 Å². The number of halogens is 1. The fourth-order valence-corrected chi connectivity index (χ4v) is 4.30. The van der Waals surface area contributed by atoms with E-state index in [1.54, 1.807) is 24.3 Å². The number of rotatable bonds is 6. The van der Waals surface area contributed by atoms with E-state index in [2.05, 4.69) is 10.1 Å². The van der Waals surface area contributed by atoms with Crippen molar-refractivity contribution in [2.24, 2.45) is 19.2 Å². The van der Waals surface area contributed by atoms with Gasteiger partial charge in [0.05, 0.1) is 18.3 Å². The summed E-state index contributed by atoms with van der Waals surface area (Å²) in [7, 11) is 2.81. The zero-order valence-electron chi connectivity index (χ0n) is 19.8. The fourth-order valence-electron chi connectivity index (χ4n) is 4.17. The predicted octanol–water partition coefficient (Wildman–Crippen LogP) is 1.60. The van der Waals surface area contributed by atoms with Gasteiger partial charge in [-0.2, -0.15) is 5.10 Å². The Bertz CT molecular complexity index is 1650. The van der Waals surface area contributed by atoms with Crippen molar-refractivity contribution < 1.29 is 18.7 Å². The van der Waals surface area contributed by atoms with E-state index in [0.29, 0.717) is 22.9 Å². The molecule has 0 spiro atoms. The average Bonchev–Trinajstić information content (AvgIpc) is 3.65. The fraction of sp³-hybridized carbons (Fsp3) is 0.250. The number of fused-ring (bicyclic) bond motifs is 1.